The Hall–Kier alpha value is -0.400. The molecule has 0 atom stereocenters. The molecule has 1 rings (SSSR count). The van der Waals surface area contributed by atoms with Gasteiger partial charge in [0.15, 0.2) is 5.11 Å². The van der Waals surface area contributed by atoms with Gasteiger partial charge in [-0.25, -0.2) is 12.7 Å². The SMILES string of the molecule is CN(C)S(=O)(=O)CCNC(=S)NC1CCCC1. The molecule has 1 aliphatic carbocycles. The smallest absolute Gasteiger partial charge is 0.215 e. The lowest BCUT2D eigenvalue weighted by Crippen LogP contribution is -2.43. The fraction of sp³-hybridized carbons (Fsp3) is 0.900. The Labute approximate surface area is 109 Å². The van der Waals surface area contributed by atoms with Gasteiger partial charge in [-0.05, 0) is 25.1 Å². The number of hydrogen-bond acceptors (Lipinski definition) is 3. The van der Waals surface area contributed by atoms with Gasteiger partial charge in [-0.1, -0.05) is 12.8 Å². The molecule has 0 saturated heterocycles. The van der Waals surface area contributed by atoms with Crippen LogP contribution in [0.1, 0.15) is 25.7 Å². The van der Waals surface area contributed by atoms with Gasteiger partial charge in [0.2, 0.25) is 10.0 Å². The molecule has 7 heteroatoms. The van der Waals surface area contributed by atoms with Crippen molar-refractivity contribution < 1.29 is 8.42 Å². The first kappa shape index (κ1) is 14.7. The third-order valence-electron chi connectivity index (χ3n) is 2.89. The van der Waals surface area contributed by atoms with Gasteiger partial charge in [0.05, 0.1) is 5.75 Å². The van der Waals surface area contributed by atoms with Crippen LogP contribution in [0.25, 0.3) is 0 Å². The van der Waals surface area contributed by atoms with E-state index in [1.54, 1.807) is 0 Å². The van der Waals surface area contributed by atoms with Crippen molar-refractivity contribution in [2.75, 3.05) is 26.4 Å². The summed E-state index contributed by atoms with van der Waals surface area (Å²) >= 11 is 5.11. The van der Waals surface area contributed by atoms with Gasteiger partial charge in [0, 0.05) is 26.7 Å². The van der Waals surface area contributed by atoms with Crippen LogP contribution in [0.5, 0.6) is 0 Å². The molecule has 1 fully saturated rings. The zero-order chi connectivity index (χ0) is 12.9. The van der Waals surface area contributed by atoms with Crippen molar-refractivity contribution in [1.29, 1.82) is 0 Å². The number of sulfonamides is 1. The lowest BCUT2D eigenvalue weighted by Gasteiger charge is -2.16. The van der Waals surface area contributed by atoms with Gasteiger partial charge in [0.25, 0.3) is 0 Å². The summed E-state index contributed by atoms with van der Waals surface area (Å²) in [6, 6.07) is 0.459. The second-order valence-electron chi connectivity index (χ2n) is 4.48. The van der Waals surface area contributed by atoms with Crippen LogP contribution in [0.15, 0.2) is 0 Å². The molecule has 1 saturated carbocycles. The third-order valence-corrected chi connectivity index (χ3v) is 4.99. The standard InChI is InChI=1S/C10H21N3O2S2/c1-13(2)17(14,15)8-7-11-10(16)12-9-5-3-4-6-9/h9H,3-8H2,1-2H3,(H2,11,12,16). The van der Waals surface area contributed by atoms with Gasteiger partial charge < -0.3 is 10.6 Å². The first-order valence-corrected chi connectivity index (χ1v) is 7.88. The van der Waals surface area contributed by atoms with Gasteiger partial charge in [-0.3, -0.25) is 0 Å². The summed E-state index contributed by atoms with van der Waals surface area (Å²) in [5, 5.41) is 6.70. The molecule has 1 aliphatic rings. The summed E-state index contributed by atoms with van der Waals surface area (Å²) < 4.78 is 24.2. The molecule has 17 heavy (non-hydrogen) atoms. The maximum atomic E-state index is 11.5. The van der Waals surface area contributed by atoms with Gasteiger partial charge >= 0.3 is 0 Å². The van der Waals surface area contributed by atoms with E-state index in [1.165, 1.54) is 31.2 Å². The minimum absolute atomic E-state index is 0.0620. The van der Waals surface area contributed by atoms with Crippen LogP contribution >= 0.6 is 12.2 Å². The van der Waals surface area contributed by atoms with E-state index >= 15 is 0 Å². The Morgan fingerprint density at radius 3 is 2.47 bits per heavy atom. The van der Waals surface area contributed by atoms with Crippen LogP contribution in [0.3, 0.4) is 0 Å². The number of thiocarbonyl (C=S) groups is 1. The van der Waals surface area contributed by atoms with Crippen molar-refractivity contribution in [2.45, 2.75) is 31.7 Å². The van der Waals surface area contributed by atoms with E-state index in [0.717, 1.165) is 12.8 Å². The molecule has 0 aromatic heterocycles. The summed E-state index contributed by atoms with van der Waals surface area (Å²) in [6.07, 6.45) is 4.79. The third kappa shape index (κ3) is 5.18. The summed E-state index contributed by atoms with van der Waals surface area (Å²) in [6.45, 7) is 0.346. The molecule has 0 unspecified atom stereocenters. The average molecular weight is 279 g/mol. The maximum absolute atomic E-state index is 11.5. The minimum Gasteiger partial charge on any atom is -0.362 e. The summed E-state index contributed by atoms with van der Waals surface area (Å²) in [4.78, 5) is 0. The van der Waals surface area contributed by atoms with Crippen LogP contribution in [-0.4, -0.2) is 50.3 Å². The molecule has 5 nitrogen and oxygen atoms in total. The van der Waals surface area contributed by atoms with Gasteiger partial charge in [0.1, 0.15) is 0 Å². The second-order valence-corrected chi connectivity index (χ2v) is 7.19. The number of rotatable bonds is 5. The fourth-order valence-corrected chi connectivity index (χ4v) is 2.78. The van der Waals surface area contributed by atoms with E-state index in [-0.39, 0.29) is 5.75 Å². The average Bonchev–Trinajstić information content (AvgIpc) is 2.69. The van der Waals surface area contributed by atoms with Crippen molar-refractivity contribution in [3.05, 3.63) is 0 Å². The molecule has 0 heterocycles. The Morgan fingerprint density at radius 2 is 1.94 bits per heavy atom. The number of nitrogens with zero attached hydrogens (tertiary/aromatic N) is 1. The topological polar surface area (TPSA) is 61.4 Å². The lowest BCUT2D eigenvalue weighted by atomic mass is 10.3. The quantitative estimate of drug-likeness (QED) is 0.708. The van der Waals surface area contributed by atoms with Crippen LogP contribution in [0.4, 0.5) is 0 Å². The Bertz CT molecular complexity index is 349. The summed E-state index contributed by atoms with van der Waals surface area (Å²) in [5.41, 5.74) is 0. The molecular formula is C10H21N3O2S2. The molecule has 2 N–H and O–H groups in total. The highest BCUT2D eigenvalue weighted by Gasteiger charge is 2.16. The maximum Gasteiger partial charge on any atom is 0.215 e. The van der Waals surface area contributed by atoms with E-state index in [2.05, 4.69) is 10.6 Å². The highest BCUT2D eigenvalue weighted by Crippen LogP contribution is 2.17. The van der Waals surface area contributed by atoms with Crippen molar-refractivity contribution >= 4 is 27.4 Å². The fourth-order valence-electron chi connectivity index (χ4n) is 1.78. The largest absolute Gasteiger partial charge is 0.362 e. The molecule has 0 aliphatic heterocycles. The predicted molar refractivity (Wildman–Crippen MR) is 73.5 cm³/mol. The monoisotopic (exact) mass is 279 g/mol. The van der Waals surface area contributed by atoms with Crippen LogP contribution in [0.2, 0.25) is 0 Å². The molecule has 0 amide bonds. The molecule has 0 bridgehead atoms. The molecule has 0 aromatic carbocycles. The van der Waals surface area contributed by atoms with E-state index in [9.17, 15) is 8.42 Å². The molecule has 100 valence electrons. The van der Waals surface area contributed by atoms with Crippen molar-refractivity contribution in [2.24, 2.45) is 0 Å². The van der Waals surface area contributed by atoms with Crippen molar-refractivity contribution in [3.8, 4) is 0 Å². The summed E-state index contributed by atoms with van der Waals surface area (Å²) in [7, 11) is -0.0733. The van der Waals surface area contributed by atoms with Crippen LogP contribution in [0, 0.1) is 0 Å². The van der Waals surface area contributed by atoms with E-state index in [4.69, 9.17) is 12.2 Å². The zero-order valence-corrected chi connectivity index (χ0v) is 12.0. The molecule has 0 spiro atoms. The van der Waals surface area contributed by atoms with Gasteiger partial charge in [-0.15, -0.1) is 0 Å². The minimum atomic E-state index is -3.14. The summed E-state index contributed by atoms with van der Waals surface area (Å²) in [5.74, 6) is 0.0620. The van der Waals surface area contributed by atoms with E-state index < -0.39 is 10.0 Å². The molecular weight excluding hydrogens is 258 g/mol. The highest BCUT2D eigenvalue weighted by molar-refractivity contribution is 7.89. The molecule has 0 aromatic rings. The van der Waals surface area contributed by atoms with E-state index in [1.807, 2.05) is 0 Å². The Morgan fingerprint density at radius 1 is 1.35 bits per heavy atom. The second kappa shape index (κ2) is 6.51. The predicted octanol–water partition coefficient (Wildman–Crippen LogP) is 0.285. The Balaban J connectivity index is 2.20. The van der Waals surface area contributed by atoms with Crippen molar-refractivity contribution in [1.82, 2.24) is 14.9 Å². The van der Waals surface area contributed by atoms with Crippen LogP contribution in [-0.2, 0) is 10.0 Å². The lowest BCUT2D eigenvalue weighted by molar-refractivity contribution is 0.519. The van der Waals surface area contributed by atoms with Gasteiger partial charge in [-0.2, -0.15) is 0 Å². The highest BCUT2D eigenvalue weighted by atomic mass is 32.2. The first-order chi connectivity index (χ1) is 7.92. The first-order valence-electron chi connectivity index (χ1n) is 5.86. The van der Waals surface area contributed by atoms with Crippen LogP contribution < -0.4 is 10.6 Å². The number of hydrogen-bond donors (Lipinski definition) is 2. The zero-order valence-electron chi connectivity index (χ0n) is 10.4. The number of nitrogens with one attached hydrogen (secondary N) is 2. The van der Waals surface area contributed by atoms with E-state index in [0.29, 0.717) is 17.7 Å². The molecule has 0 radical (unpaired) electrons. The normalized spacial score (nSPS) is 17.4. The van der Waals surface area contributed by atoms with Crippen molar-refractivity contribution in [3.63, 3.8) is 0 Å². The Kier molecular flexibility index (Phi) is 5.61.